The highest BCUT2D eigenvalue weighted by Crippen LogP contribution is 2.65. The monoisotopic (exact) mass is 462 g/mol. The Morgan fingerprint density at radius 1 is 1.12 bits per heavy atom. The molecule has 0 amide bonds. The second-order valence-corrected chi connectivity index (χ2v) is 12.1. The zero-order valence-electron chi connectivity index (χ0n) is 21.5. The largest absolute Gasteiger partial charge is 0.431 e. The molecule has 2 saturated carbocycles. The third-order valence-electron chi connectivity index (χ3n) is 10.2. The van der Waals surface area contributed by atoms with E-state index < -0.39 is 0 Å². The summed E-state index contributed by atoms with van der Waals surface area (Å²) in [5.74, 6) is 3.08. The van der Waals surface area contributed by atoms with Crippen LogP contribution >= 0.6 is 0 Å². The van der Waals surface area contributed by atoms with Gasteiger partial charge in [0.05, 0.1) is 12.0 Å². The van der Waals surface area contributed by atoms with E-state index in [-0.39, 0.29) is 35.6 Å². The summed E-state index contributed by atoms with van der Waals surface area (Å²) in [5.41, 5.74) is 1.59. The minimum atomic E-state index is -0.0964. The first kappa shape index (κ1) is 25.2. The zero-order chi connectivity index (χ0) is 23.8. The number of carbonyl (C=O) groups is 1. The van der Waals surface area contributed by atoms with Crippen molar-refractivity contribution in [3.8, 4) is 0 Å². The lowest BCUT2D eigenvalue weighted by molar-refractivity contribution is -0.164. The highest BCUT2D eigenvalue weighted by Gasteiger charge is 2.59. The molecule has 0 spiro atoms. The summed E-state index contributed by atoms with van der Waals surface area (Å²) in [7, 11) is 1.64. The lowest BCUT2D eigenvalue weighted by atomic mass is 9.54. The van der Waals surface area contributed by atoms with Crippen LogP contribution in [-0.2, 0) is 19.0 Å². The Bertz CT molecular complexity index is 747. The highest BCUT2D eigenvalue weighted by molar-refractivity contribution is 5.77. The summed E-state index contributed by atoms with van der Waals surface area (Å²) in [5, 5.41) is 9.34. The number of methoxy groups -OCH3 is 1. The molecule has 1 N–H and O–H groups in total. The number of fused-ring (bicyclic) bond motifs is 4. The van der Waals surface area contributed by atoms with Crippen LogP contribution in [0.4, 0.5) is 0 Å². The Balaban J connectivity index is 1.49. The number of aliphatic hydroxyl groups excluding tert-OH is 1. The van der Waals surface area contributed by atoms with Gasteiger partial charge in [0, 0.05) is 25.0 Å². The van der Waals surface area contributed by atoms with Crippen LogP contribution < -0.4 is 0 Å². The van der Waals surface area contributed by atoms with Gasteiger partial charge >= 0.3 is 5.97 Å². The second kappa shape index (κ2) is 9.99. The number of esters is 1. The standard InChI is InChI=1S/C28H46O5/c1-18(16-29)7-6-8-19(2)21-9-10-22-25-23(12-14-27(21,22)3)28(4)13-11-20(32-17-31-5)15-24(28)26(30)33-25/h18-22,24,29H,6-17H2,1-5H3/t18?,19-,20?,21-,22+,24?,27-,28-/m1/s1. The Kier molecular flexibility index (Phi) is 7.62. The van der Waals surface area contributed by atoms with Gasteiger partial charge in [0.15, 0.2) is 0 Å². The maximum Gasteiger partial charge on any atom is 0.315 e. The molecule has 3 unspecified atom stereocenters. The Morgan fingerprint density at radius 2 is 1.91 bits per heavy atom. The van der Waals surface area contributed by atoms with Gasteiger partial charge in [-0.1, -0.05) is 40.5 Å². The van der Waals surface area contributed by atoms with E-state index in [2.05, 4.69) is 27.7 Å². The van der Waals surface area contributed by atoms with Gasteiger partial charge in [-0.05, 0) is 80.1 Å². The Morgan fingerprint density at radius 3 is 2.64 bits per heavy atom. The van der Waals surface area contributed by atoms with Crippen molar-refractivity contribution >= 4 is 5.97 Å². The molecule has 8 atom stereocenters. The minimum absolute atomic E-state index is 0.0271. The number of hydrogen-bond acceptors (Lipinski definition) is 5. The highest BCUT2D eigenvalue weighted by atomic mass is 16.7. The molecule has 0 aromatic carbocycles. The van der Waals surface area contributed by atoms with Crippen molar-refractivity contribution in [3.63, 3.8) is 0 Å². The number of carbonyl (C=O) groups excluding carboxylic acids is 1. The molecule has 4 rings (SSSR count). The molecule has 1 heterocycles. The van der Waals surface area contributed by atoms with Crippen molar-refractivity contribution in [2.24, 2.45) is 40.4 Å². The lowest BCUT2D eigenvalue weighted by Crippen LogP contribution is -2.50. The fourth-order valence-electron chi connectivity index (χ4n) is 7.99. The van der Waals surface area contributed by atoms with Crippen molar-refractivity contribution in [1.82, 2.24) is 0 Å². The average Bonchev–Trinajstić information content (AvgIpc) is 3.15. The van der Waals surface area contributed by atoms with Gasteiger partial charge in [-0.3, -0.25) is 4.79 Å². The molecule has 33 heavy (non-hydrogen) atoms. The molecule has 5 nitrogen and oxygen atoms in total. The number of rotatable bonds is 9. The molecular weight excluding hydrogens is 416 g/mol. The van der Waals surface area contributed by atoms with Crippen molar-refractivity contribution < 1.29 is 24.1 Å². The van der Waals surface area contributed by atoms with Crippen LogP contribution in [0.5, 0.6) is 0 Å². The molecule has 5 heteroatoms. The number of allylic oxidation sites excluding steroid dienone is 2. The van der Waals surface area contributed by atoms with Crippen molar-refractivity contribution in [2.45, 2.75) is 98.0 Å². The molecule has 0 aromatic heterocycles. The van der Waals surface area contributed by atoms with E-state index in [9.17, 15) is 9.90 Å². The van der Waals surface area contributed by atoms with Crippen LogP contribution in [0.2, 0.25) is 0 Å². The Labute approximate surface area is 200 Å². The summed E-state index contributed by atoms with van der Waals surface area (Å²) in [6, 6.07) is 0. The van der Waals surface area contributed by atoms with Crippen LogP contribution in [0, 0.1) is 40.4 Å². The van der Waals surface area contributed by atoms with Gasteiger partial charge in [-0.15, -0.1) is 0 Å². The first-order chi connectivity index (χ1) is 15.7. The smallest absolute Gasteiger partial charge is 0.315 e. The van der Waals surface area contributed by atoms with E-state index in [1.165, 1.54) is 31.3 Å². The van der Waals surface area contributed by atoms with Crippen LogP contribution in [0.15, 0.2) is 11.3 Å². The van der Waals surface area contributed by atoms with Gasteiger partial charge in [0.2, 0.25) is 0 Å². The van der Waals surface area contributed by atoms with Gasteiger partial charge in [0.1, 0.15) is 12.6 Å². The van der Waals surface area contributed by atoms with Gasteiger partial charge in [0.25, 0.3) is 0 Å². The summed E-state index contributed by atoms with van der Waals surface area (Å²) in [6.07, 6.45) is 11.0. The summed E-state index contributed by atoms with van der Waals surface area (Å²) >= 11 is 0. The van der Waals surface area contributed by atoms with Crippen molar-refractivity contribution in [2.75, 3.05) is 20.5 Å². The number of hydrogen-bond donors (Lipinski definition) is 1. The third-order valence-corrected chi connectivity index (χ3v) is 10.2. The molecule has 3 aliphatic carbocycles. The molecule has 188 valence electrons. The number of ether oxygens (including phenoxy) is 3. The molecule has 0 saturated heterocycles. The molecule has 1 aliphatic heterocycles. The molecular formula is C28H46O5. The summed E-state index contributed by atoms with van der Waals surface area (Å²) in [4.78, 5) is 13.3. The van der Waals surface area contributed by atoms with Crippen molar-refractivity contribution in [3.05, 3.63) is 11.3 Å². The molecule has 0 aromatic rings. The lowest BCUT2D eigenvalue weighted by Gasteiger charge is -2.53. The van der Waals surface area contributed by atoms with E-state index in [0.717, 1.165) is 44.3 Å². The van der Waals surface area contributed by atoms with Gasteiger partial charge < -0.3 is 19.3 Å². The van der Waals surface area contributed by atoms with E-state index in [0.29, 0.717) is 30.3 Å². The van der Waals surface area contributed by atoms with E-state index in [4.69, 9.17) is 14.2 Å². The summed E-state index contributed by atoms with van der Waals surface area (Å²) < 4.78 is 17.2. The van der Waals surface area contributed by atoms with Crippen molar-refractivity contribution in [1.29, 1.82) is 0 Å². The van der Waals surface area contributed by atoms with Crippen LogP contribution in [0.25, 0.3) is 0 Å². The molecule has 0 radical (unpaired) electrons. The van der Waals surface area contributed by atoms with Gasteiger partial charge in [-0.25, -0.2) is 0 Å². The predicted octanol–water partition coefficient (Wildman–Crippen LogP) is 5.85. The average molecular weight is 463 g/mol. The molecule has 4 aliphatic rings. The molecule has 2 fully saturated rings. The zero-order valence-corrected chi connectivity index (χ0v) is 21.5. The SMILES string of the molecule is COCOC1CC[C@]2(C)C3=C(OC(=O)C2C1)[C@@H]1CC[C@H]([C@H](C)CCCC(C)CO)[C@@]1(C)CC3. The summed E-state index contributed by atoms with van der Waals surface area (Å²) in [6.45, 7) is 9.94. The maximum absolute atomic E-state index is 13.3. The van der Waals surface area contributed by atoms with E-state index in [1.54, 1.807) is 7.11 Å². The first-order valence-electron chi connectivity index (χ1n) is 13.4. The van der Waals surface area contributed by atoms with Crippen LogP contribution in [0.1, 0.15) is 91.9 Å². The van der Waals surface area contributed by atoms with Gasteiger partial charge in [-0.2, -0.15) is 0 Å². The number of aliphatic hydroxyl groups is 1. The third kappa shape index (κ3) is 4.54. The minimum Gasteiger partial charge on any atom is -0.431 e. The second-order valence-electron chi connectivity index (χ2n) is 12.1. The fraction of sp³-hybridized carbons (Fsp3) is 0.893. The maximum atomic E-state index is 13.3. The van der Waals surface area contributed by atoms with Crippen LogP contribution in [0.3, 0.4) is 0 Å². The van der Waals surface area contributed by atoms with E-state index in [1.807, 2.05) is 0 Å². The predicted molar refractivity (Wildman–Crippen MR) is 128 cm³/mol. The topological polar surface area (TPSA) is 65.0 Å². The quantitative estimate of drug-likeness (QED) is 0.344. The van der Waals surface area contributed by atoms with Crippen LogP contribution in [-0.4, -0.2) is 37.7 Å². The Hall–Kier alpha value is -0.910. The first-order valence-corrected chi connectivity index (χ1v) is 13.4. The molecule has 0 bridgehead atoms. The fourth-order valence-corrected chi connectivity index (χ4v) is 7.99. The normalized spacial score (nSPS) is 40.0. The van der Waals surface area contributed by atoms with E-state index >= 15 is 0 Å².